The molecule has 0 fully saturated rings. The standard InChI is InChI=1S/C25H36O6/c1-4-25(19-7-11-23(12-8-19)30-17-21(26)15-28-5-2)20-9-13-24(14-10-20)31-18-22(27)16-29-6-3/h7-14,21-22,25-27H,4-6,15-18H2,1-3H3. The van der Waals surface area contributed by atoms with Crippen LogP contribution in [0.5, 0.6) is 11.5 Å². The number of ether oxygens (including phenoxy) is 4. The van der Waals surface area contributed by atoms with E-state index in [1.54, 1.807) is 0 Å². The lowest BCUT2D eigenvalue weighted by Crippen LogP contribution is -2.23. The van der Waals surface area contributed by atoms with Crippen molar-refractivity contribution < 1.29 is 29.2 Å². The number of aliphatic hydroxyl groups is 2. The fraction of sp³-hybridized carbons (Fsp3) is 0.520. The molecule has 2 aromatic rings. The quantitative estimate of drug-likeness (QED) is 0.446. The van der Waals surface area contributed by atoms with E-state index in [1.165, 1.54) is 11.1 Å². The van der Waals surface area contributed by atoms with Crippen LogP contribution in [-0.2, 0) is 9.47 Å². The molecule has 0 saturated heterocycles. The first-order valence-electron chi connectivity index (χ1n) is 11.0. The lowest BCUT2D eigenvalue weighted by Gasteiger charge is -2.18. The van der Waals surface area contributed by atoms with Crippen molar-refractivity contribution in [2.24, 2.45) is 0 Å². The Morgan fingerprint density at radius 1 is 0.613 bits per heavy atom. The molecule has 0 aliphatic rings. The molecule has 2 unspecified atom stereocenters. The minimum atomic E-state index is -0.635. The summed E-state index contributed by atoms with van der Waals surface area (Å²) in [6, 6.07) is 16.0. The zero-order chi connectivity index (χ0) is 22.5. The minimum Gasteiger partial charge on any atom is -0.491 e. The van der Waals surface area contributed by atoms with Crippen LogP contribution in [0.15, 0.2) is 48.5 Å². The van der Waals surface area contributed by atoms with E-state index in [0.717, 1.165) is 17.9 Å². The van der Waals surface area contributed by atoms with Gasteiger partial charge in [0.25, 0.3) is 0 Å². The molecule has 6 heteroatoms. The molecule has 0 aromatic heterocycles. The molecule has 6 nitrogen and oxygen atoms in total. The first kappa shape index (κ1) is 25.1. The SMILES string of the molecule is CCOCC(O)COc1ccc(C(CC)c2ccc(OCC(O)COCC)cc2)cc1. The van der Waals surface area contributed by atoms with E-state index >= 15 is 0 Å². The Morgan fingerprint density at radius 2 is 1.00 bits per heavy atom. The highest BCUT2D eigenvalue weighted by Gasteiger charge is 2.13. The van der Waals surface area contributed by atoms with E-state index in [4.69, 9.17) is 18.9 Å². The summed E-state index contributed by atoms with van der Waals surface area (Å²) in [5.74, 6) is 1.71. The molecule has 0 saturated carbocycles. The van der Waals surface area contributed by atoms with Crippen LogP contribution in [-0.4, -0.2) is 62.1 Å². The Morgan fingerprint density at radius 3 is 1.32 bits per heavy atom. The molecule has 0 heterocycles. The molecule has 0 radical (unpaired) electrons. The highest BCUT2D eigenvalue weighted by Crippen LogP contribution is 2.30. The van der Waals surface area contributed by atoms with Crippen molar-refractivity contribution in [1.82, 2.24) is 0 Å². The average molecular weight is 433 g/mol. The first-order chi connectivity index (χ1) is 15.1. The van der Waals surface area contributed by atoms with E-state index in [1.807, 2.05) is 38.1 Å². The predicted molar refractivity (Wildman–Crippen MR) is 121 cm³/mol. The van der Waals surface area contributed by atoms with Crippen molar-refractivity contribution in [3.8, 4) is 11.5 Å². The third-order valence-corrected chi connectivity index (χ3v) is 4.89. The second-order valence-electron chi connectivity index (χ2n) is 7.35. The zero-order valence-corrected chi connectivity index (χ0v) is 18.8. The Labute approximate surface area is 185 Å². The van der Waals surface area contributed by atoms with Crippen molar-refractivity contribution in [3.63, 3.8) is 0 Å². The molecule has 2 N–H and O–H groups in total. The summed E-state index contributed by atoms with van der Waals surface area (Å²) in [5.41, 5.74) is 2.40. The second-order valence-corrected chi connectivity index (χ2v) is 7.35. The third kappa shape index (κ3) is 8.87. The average Bonchev–Trinajstić information content (AvgIpc) is 2.80. The number of aliphatic hydroxyl groups excluding tert-OH is 2. The van der Waals surface area contributed by atoms with Crippen LogP contribution in [0.3, 0.4) is 0 Å². The topological polar surface area (TPSA) is 77.4 Å². The molecular weight excluding hydrogens is 396 g/mol. The van der Waals surface area contributed by atoms with Crippen molar-refractivity contribution in [3.05, 3.63) is 59.7 Å². The molecule has 172 valence electrons. The molecule has 0 bridgehead atoms. The first-order valence-corrected chi connectivity index (χ1v) is 11.0. The monoisotopic (exact) mass is 432 g/mol. The van der Waals surface area contributed by atoms with E-state index in [-0.39, 0.29) is 32.3 Å². The van der Waals surface area contributed by atoms with Crippen LogP contribution in [0.1, 0.15) is 44.2 Å². The summed E-state index contributed by atoms with van der Waals surface area (Å²) in [6.45, 7) is 8.06. The normalized spacial score (nSPS) is 14.1. The number of benzene rings is 2. The van der Waals surface area contributed by atoms with Crippen LogP contribution >= 0.6 is 0 Å². The zero-order valence-electron chi connectivity index (χ0n) is 18.8. The fourth-order valence-electron chi connectivity index (χ4n) is 3.25. The maximum atomic E-state index is 9.82. The Kier molecular flexibility index (Phi) is 11.4. The number of hydrogen-bond donors (Lipinski definition) is 2. The Bertz CT molecular complexity index is 654. The summed E-state index contributed by atoms with van der Waals surface area (Å²) in [7, 11) is 0. The van der Waals surface area contributed by atoms with Gasteiger partial charge in [-0.3, -0.25) is 0 Å². The van der Waals surface area contributed by atoms with Crippen LogP contribution in [0.2, 0.25) is 0 Å². The summed E-state index contributed by atoms with van der Waals surface area (Å²) in [5, 5.41) is 19.6. The van der Waals surface area contributed by atoms with Gasteiger partial charge in [0, 0.05) is 19.1 Å². The predicted octanol–water partition coefficient (Wildman–Crippen LogP) is 3.78. The molecule has 2 aromatic carbocycles. The van der Waals surface area contributed by atoms with Crippen LogP contribution in [0.25, 0.3) is 0 Å². The van der Waals surface area contributed by atoms with Gasteiger partial charge in [-0.25, -0.2) is 0 Å². The maximum absolute atomic E-state index is 9.82. The van der Waals surface area contributed by atoms with Gasteiger partial charge in [-0.1, -0.05) is 31.2 Å². The van der Waals surface area contributed by atoms with Crippen molar-refractivity contribution >= 4 is 0 Å². The summed E-state index contributed by atoms with van der Waals surface area (Å²) in [6.07, 6.45) is -0.311. The second kappa shape index (κ2) is 14.0. The van der Waals surface area contributed by atoms with Crippen LogP contribution < -0.4 is 9.47 Å². The molecular formula is C25H36O6. The molecule has 0 aliphatic carbocycles. The smallest absolute Gasteiger partial charge is 0.119 e. The highest BCUT2D eigenvalue weighted by molar-refractivity contribution is 5.38. The lowest BCUT2D eigenvalue weighted by molar-refractivity contribution is 0.0164. The van der Waals surface area contributed by atoms with Crippen molar-refractivity contribution in [1.29, 1.82) is 0 Å². The minimum absolute atomic E-state index is 0.206. The molecule has 31 heavy (non-hydrogen) atoms. The largest absolute Gasteiger partial charge is 0.491 e. The van der Waals surface area contributed by atoms with Crippen molar-refractivity contribution in [2.75, 3.05) is 39.6 Å². The van der Waals surface area contributed by atoms with Gasteiger partial charge in [-0.15, -0.1) is 0 Å². The van der Waals surface area contributed by atoms with E-state index < -0.39 is 12.2 Å². The summed E-state index contributed by atoms with van der Waals surface area (Å²) < 4.78 is 21.7. The van der Waals surface area contributed by atoms with Crippen LogP contribution in [0, 0.1) is 0 Å². The maximum Gasteiger partial charge on any atom is 0.119 e. The molecule has 2 rings (SSSR count). The van der Waals surface area contributed by atoms with Gasteiger partial charge < -0.3 is 29.2 Å². The van der Waals surface area contributed by atoms with E-state index in [0.29, 0.717) is 13.2 Å². The van der Waals surface area contributed by atoms with E-state index in [2.05, 4.69) is 31.2 Å². The number of hydrogen-bond acceptors (Lipinski definition) is 6. The summed E-state index contributed by atoms with van der Waals surface area (Å²) >= 11 is 0. The molecule has 0 amide bonds. The van der Waals surface area contributed by atoms with Gasteiger partial charge >= 0.3 is 0 Å². The summed E-state index contributed by atoms with van der Waals surface area (Å²) in [4.78, 5) is 0. The van der Waals surface area contributed by atoms with Crippen molar-refractivity contribution in [2.45, 2.75) is 45.3 Å². The van der Waals surface area contributed by atoms with E-state index in [9.17, 15) is 10.2 Å². The van der Waals surface area contributed by atoms with Gasteiger partial charge in [0.2, 0.25) is 0 Å². The van der Waals surface area contributed by atoms with Gasteiger partial charge in [0.15, 0.2) is 0 Å². The molecule has 0 aliphatic heterocycles. The van der Waals surface area contributed by atoms with Gasteiger partial charge in [-0.2, -0.15) is 0 Å². The van der Waals surface area contributed by atoms with Gasteiger partial charge in [-0.05, 0) is 55.7 Å². The van der Waals surface area contributed by atoms with Gasteiger partial charge in [0.1, 0.15) is 36.9 Å². The van der Waals surface area contributed by atoms with Gasteiger partial charge in [0.05, 0.1) is 13.2 Å². The Hall–Kier alpha value is -2.12. The Balaban J connectivity index is 1.91. The molecule has 0 spiro atoms. The third-order valence-electron chi connectivity index (χ3n) is 4.89. The fourth-order valence-corrected chi connectivity index (χ4v) is 3.25. The van der Waals surface area contributed by atoms with Crippen LogP contribution in [0.4, 0.5) is 0 Å². The number of rotatable bonds is 15. The molecule has 2 atom stereocenters. The highest BCUT2D eigenvalue weighted by atomic mass is 16.5. The lowest BCUT2D eigenvalue weighted by atomic mass is 9.89.